The van der Waals surface area contributed by atoms with Gasteiger partial charge in [-0.2, -0.15) is 0 Å². The van der Waals surface area contributed by atoms with Gasteiger partial charge < -0.3 is 29.1 Å². The number of aliphatic hydroxyl groups is 1. The van der Waals surface area contributed by atoms with Crippen LogP contribution in [0.4, 0.5) is 0 Å². The lowest BCUT2D eigenvalue weighted by molar-refractivity contribution is -0.140. The molecule has 1 aliphatic heterocycles. The normalized spacial score (nSPS) is 17.1. The van der Waals surface area contributed by atoms with Crippen molar-refractivity contribution in [3.63, 3.8) is 0 Å². The third-order valence-electron chi connectivity index (χ3n) is 6.64. The Morgan fingerprint density at radius 2 is 1.56 bits per heavy atom. The van der Waals surface area contributed by atoms with Crippen molar-refractivity contribution in [3.8, 4) is 17.2 Å². The number of Topliss-reactive ketones (excluding diaryl/α,β-unsaturated/α-hetero) is 1. The Morgan fingerprint density at radius 1 is 0.972 bits per heavy atom. The van der Waals surface area contributed by atoms with E-state index in [0.717, 1.165) is 25.2 Å². The van der Waals surface area contributed by atoms with Crippen molar-refractivity contribution in [1.82, 2.24) is 9.80 Å². The van der Waals surface area contributed by atoms with Crippen LogP contribution in [0, 0.1) is 6.92 Å². The SMILES string of the molecule is CCN(CC)CCCN1C(=O)C(=O)C(=C(O)c2ccc(C)cc2)C1c1cc(OC)c(OC)c(OC)c1. The van der Waals surface area contributed by atoms with Gasteiger partial charge in [0.05, 0.1) is 32.9 Å². The summed E-state index contributed by atoms with van der Waals surface area (Å²) in [4.78, 5) is 30.4. The Balaban J connectivity index is 2.16. The van der Waals surface area contributed by atoms with Crippen molar-refractivity contribution < 1.29 is 28.9 Å². The summed E-state index contributed by atoms with van der Waals surface area (Å²) < 4.78 is 16.5. The number of nitrogens with zero attached hydrogens (tertiary/aromatic N) is 2. The van der Waals surface area contributed by atoms with Crippen molar-refractivity contribution in [1.29, 1.82) is 0 Å². The van der Waals surface area contributed by atoms with E-state index in [2.05, 4.69) is 18.7 Å². The highest BCUT2D eigenvalue weighted by Gasteiger charge is 2.46. The summed E-state index contributed by atoms with van der Waals surface area (Å²) in [7, 11) is 4.53. The lowest BCUT2D eigenvalue weighted by Crippen LogP contribution is -2.33. The quantitative estimate of drug-likeness (QED) is 0.284. The molecule has 1 fully saturated rings. The summed E-state index contributed by atoms with van der Waals surface area (Å²) in [6.45, 7) is 9.07. The zero-order chi connectivity index (χ0) is 26.4. The molecule has 2 aromatic carbocycles. The number of hydrogen-bond donors (Lipinski definition) is 1. The molecule has 0 saturated carbocycles. The van der Waals surface area contributed by atoms with Crippen LogP contribution >= 0.6 is 0 Å². The summed E-state index contributed by atoms with van der Waals surface area (Å²) in [6.07, 6.45) is 0.681. The molecule has 0 spiro atoms. The number of aryl methyl sites for hydroxylation is 1. The number of ether oxygens (including phenoxy) is 3. The van der Waals surface area contributed by atoms with Gasteiger partial charge >= 0.3 is 0 Å². The summed E-state index contributed by atoms with van der Waals surface area (Å²) in [6, 6.07) is 9.81. The molecule has 1 N–H and O–H groups in total. The fraction of sp³-hybridized carbons (Fsp3) is 0.429. The number of benzene rings is 2. The molecule has 2 aromatic rings. The van der Waals surface area contributed by atoms with Gasteiger partial charge in [0, 0.05) is 12.1 Å². The van der Waals surface area contributed by atoms with Crippen molar-refractivity contribution in [2.75, 3.05) is 47.5 Å². The zero-order valence-corrected chi connectivity index (χ0v) is 22.0. The molecule has 1 amide bonds. The molecule has 1 aliphatic rings. The molecule has 36 heavy (non-hydrogen) atoms. The maximum absolute atomic E-state index is 13.3. The van der Waals surface area contributed by atoms with Gasteiger partial charge in [-0.25, -0.2) is 0 Å². The lowest BCUT2D eigenvalue weighted by Gasteiger charge is -2.27. The minimum atomic E-state index is -0.809. The van der Waals surface area contributed by atoms with Crippen molar-refractivity contribution in [2.45, 2.75) is 33.2 Å². The van der Waals surface area contributed by atoms with E-state index in [1.165, 1.54) is 26.2 Å². The number of hydrogen-bond acceptors (Lipinski definition) is 7. The molecule has 1 atom stereocenters. The number of carbonyl (C=O) groups excluding carboxylic acids is 2. The third-order valence-corrected chi connectivity index (χ3v) is 6.64. The van der Waals surface area contributed by atoms with Gasteiger partial charge in [-0.3, -0.25) is 9.59 Å². The molecular formula is C28H36N2O6. The lowest BCUT2D eigenvalue weighted by atomic mass is 9.94. The van der Waals surface area contributed by atoms with Gasteiger partial charge in [-0.05, 0) is 50.7 Å². The van der Waals surface area contributed by atoms with Crippen LogP contribution in [0.3, 0.4) is 0 Å². The van der Waals surface area contributed by atoms with E-state index >= 15 is 0 Å². The largest absolute Gasteiger partial charge is 0.507 e. The smallest absolute Gasteiger partial charge is 0.295 e. The second-order valence-electron chi connectivity index (χ2n) is 8.70. The number of carbonyl (C=O) groups is 2. The molecule has 194 valence electrons. The standard InChI is InChI=1S/C28H36N2O6/c1-7-29(8-2)14-9-15-30-24(20-16-21(34-4)27(36-6)22(17-20)35-5)23(26(32)28(30)33)25(31)19-12-10-18(3)11-13-19/h10-13,16-17,24,31H,7-9,14-15H2,1-6H3. The molecular weight excluding hydrogens is 460 g/mol. The van der Waals surface area contributed by atoms with Crippen LogP contribution in [-0.2, 0) is 9.59 Å². The van der Waals surface area contributed by atoms with Gasteiger partial charge in [0.25, 0.3) is 11.7 Å². The van der Waals surface area contributed by atoms with E-state index < -0.39 is 17.7 Å². The number of likely N-dealkylation sites (tertiary alicyclic amines) is 1. The minimum absolute atomic E-state index is 0.0426. The molecule has 1 saturated heterocycles. The van der Waals surface area contributed by atoms with Gasteiger partial charge in [0.1, 0.15) is 5.76 Å². The fourth-order valence-corrected chi connectivity index (χ4v) is 4.59. The van der Waals surface area contributed by atoms with Crippen molar-refractivity contribution in [3.05, 3.63) is 58.7 Å². The summed E-state index contributed by atoms with van der Waals surface area (Å²) in [5.74, 6) is -0.359. The molecule has 0 radical (unpaired) electrons. The van der Waals surface area contributed by atoms with Gasteiger partial charge in [-0.15, -0.1) is 0 Å². The van der Waals surface area contributed by atoms with Crippen LogP contribution in [0.1, 0.15) is 43.0 Å². The monoisotopic (exact) mass is 496 g/mol. The molecule has 0 aliphatic carbocycles. The van der Waals surface area contributed by atoms with Crippen LogP contribution in [-0.4, -0.2) is 74.1 Å². The van der Waals surface area contributed by atoms with Gasteiger partial charge in [0.2, 0.25) is 5.75 Å². The number of ketones is 1. The highest BCUT2D eigenvalue weighted by molar-refractivity contribution is 6.46. The predicted octanol–water partition coefficient (Wildman–Crippen LogP) is 4.17. The Bertz CT molecular complexity index is 1100. The van der Waals surface area contributed by atoms with Crippen molar-refractivity contribution in [2.24, 2.45) is 0 Å². The first kappa shape index (κ1) is 27.1. The van der Waals surface area contributed by atoms with E-state index in [0.29, 0.717) is 41.3 Å². The third kappa shape index (κ3) is 5.33. The zero-order valence-electron chi connectivity index (χ0n) is 22.0. The van der Waals surface area contributed by atoms with Crippen molar-refractivity contribution >= 4 is 17.4 Å². The molecule has 3 rings (SSSR count). The predicted molar refractivity (Wildman–Crippen MR) is 139 cm³/mol. The van der Waals surface area contributed by atoms with Crippen LogP contribution in [0.15, 0.2) is 42.0 Å². The first-order chi connectivity index (χ1) is 17.3. The molecule has 0 bridgehead atoms. The maximum atomic E-state index is 13.3. The van der Waals surface area contributed by atoms with Gasteiger partial charge in [-0.1, -0.05) is 43.7 Å². The molecule has 8 heteroatoms. The second-order valence-corrected chi connectivity index (χ2v) is 8.70. The van der Waals surface area contributed by atoms with Crippen LogP contribution < -0.4 is 14.2 Å². The maximum Gasteiger partial charge on any atom is 0.295 e. The number of rotatable bonds is 11. The molecule has 1 heterocycles. The summed E-state index contributed by atoms with van der Waals surface area (Å²) in [5.41, 5.74) is 2.12. The molecule has 1 unspecified atom stereocenters. The average molecular weight is 497 g/mol. The first-order valence-electron chi connectivity index (χ1n) is 12.2. The molecule has 0 aromatic heterocycles. The number of methoxy groups -OCH3 is 3. The van der Waals surface area contributed by atoms with E-state index in [1.807, 2.05) is 19.1 Å². The Morgan fingerprint density at radius 3 is 2.06 bits per heavy atom. The highest BCUT2D eigenvalue weighted by atomic mass is 16.5. The summed E-state index contributed by atoms with van der Waals surface area (Å²) >= 11 is 0. The van der Waals surface area contributed by atoms with Gasteiger partial charge in [0.15, 0.2) is 11.5 Å². The second kappa shape index (κ2) is 11.9. The van der Waals surface area contributed by atoms with Crippen LogP contribution in [0.2, 0.25) is 0 Å². The van der Waals surface area contributed by atoms with Crippen LogP contribution in [0.5, 0.6) is 17.2 Å². The fourth-order valence-electron chi connectivity index (χ4n) is 4.59. The van der Waals surface area contributed by atoms with E-state index in [-0.39, 0.29) is 11.3 Å². The van der Waals surface area contributed by atoms with Crippen LogP contribution in [0.25, 0.3) is 5.76 Å². The highest BCUT2D eigenvalue weighted by Crippen LogP contribution is 2.45. The minimum Gasteiger partial charge on any atom is -0.507 e. The Hall–Kier alpha value is -3.52. The average Bonchev–Trinajstić information content (AvgIpc) is 3.15. The first-order valence-corrected chi connectivity index (χ1v) is 12.2. The topological polar surface area (TPSA) is 88.5 Å². The molecule has 8 nitrogen and oxygen atoms in total. The Labute approximate surface area is 213 Å². The van der Waals surface area contributed by atoms with E-state index in [4.69, 9.17) is 14.2 Å². The Kier molecular flexibility index (Phi) is 8.98. The number of aliphatic hydroxyl groups excluding tert-OH is 1. The summed E-state index contributed by atoms with van der Waals surface area (Å²) in [5, 5.41) is 11.3. The van der Waals surface area contributed by atoms with E-state index in [9.17, 15) is 14.7 Å². The van der Waals surface area contributed by atoms with E-state index in [1.54, 1.807) is 24.3 Å². The number of amides is 1.